The molecule has 0 heterocycles. The lowest BCUT2D eigenvalue weighted by Crippen LogP contribution is -2.24. The monoisotopic (exact) mass is 191 g/mol. The topological polar surface area (TPSA) is 46.2 Å². The van der Waals surface area contributed by atoms with Crippen LogP contribution in [-0.4, -0.2) is 17.8 Å². The van der Waals surface area contributed by atoms with Crippen molar-refractivity contribution < 1.29 is 5.11 Å². The van der Waals surface area contributed by atoms with Crippen LogP contribution in [0.3, 0.4) is 0 Å². The first-order valence-electron chi connectivity index (χ1n) is 4.81. The van der Waals surface area contributed by atoms with Crippen LogP contribution in [-0.2, 0) is 0 Å². The van der Waals surface area contributed by atoms with Gasteiger partial charge in [0, 0.05) is 6.04 Å². The zero-order valence-electron chi connectivity index (χ0n) is 8.48. The maximum absolute atomic E-state index is 8.80. The second-order valence-corrected chi connectivity index (χ2v) is 3.55. The summed E-state index contributed by atoms with van der Waals surface area (Å²) in [4.78, 5) is 0. The number of aliphatic hydroxyl groups excluding tert-OH is 1. The Hall–Kier alpha value is -1.12. The number of benzene rings is 1. The zero-order valence-corrected chi connectivity index (χ0v) is 8.48. The molecule has 2 nitrogen and oxygen atoms in total. The van der Waals surface area contributed by atoms with Crippen LogP contribution >= 0.6 is 0 Å². The molecule has 14 heavy (non-hydrogen) atoms. The summed E-state index contributed by atoms with van der Waals surface area (Å²) in [6.45, 7) is 2.07. The molecule has 0 aliphatic rings. The zero-order chi connectivity index (χ0) is 10.4. The number of nitrogens with two attached hydrogens (primary N) is 1. The Balaban J connectivity index is 2.60. The van der Waals surface area contributed by atoms with Crippen molar-refractivity contribution in [3.05, 3.63) is 41.5 Å². The predicted molar refractivity (Wildman–Crippen MR) is 59.8 cm³/mol. The van der Waals surface area contributed by atoms with Gasteiger partial charge >= 0.3 is 0 Å². The molecule has 1 atom stereocenters. The van der Waals surface area contributed by atoms with Crippen molar-refractivity contribution in [2.45, 2.75) is 19.4 Å². The first-order chi connectivity index (χ1) is 6.72. The van der Waals surface area contributed by atoms with Gasteiger partial charge in [0.1, 0.15) is 0 Å². The molecule has 0 aromatic heterocycles. The van der Waals surface area contributed by atoms with Gasteiger partial charge in [0.05, 0.1) is 6.61 Å². The molecule has 0 saturated heterocycles. The van der Waals surface area contributed by atoms with Gasteiger partial charge in [0.2, 0.25) is 0 Å². The standard InChI is InChI=1S/C12H17NO/c1-10(8-12(13)9-14)7-11-5-3-2-4-6-11/h2-7,12,14H,8-9,13H2,1H3/b10-7+. The highest BCUT2D eigenvalue weighted by Crippen LogP contribution is 2.09. The van der Waals surface area contributed by atoms with Gasteiger partial charge in [-0.15, -0.1) is 0 Å². The molecule has 0 bridgehead atoms. The average molecular weight is 191 g/mol. The summed E-state index contributed by atoms with van der Waals surface area (Å²) in [7, 11) is 0. The van der Waals surface area contributed by atoms with Crippen molar-refractivity contribution in [3.8, 4) is 0 Å². The molecule has 0 fully saturated rings. The Morgan fingerprint density at radius 3 is 2.64 bits per heavy atom. The highest BCUT2D eigenvalue weighted by atomic mass is 16.3. The third kappa shape index (κ3) is 3.73. The van der Waals surface area contributed by atoms with E-state index in [0.717, 1.165) is 6.42 Å². The van der Waals surface area contributed by atoms with E-state index in [4.69, 9.17) is 10.8 Å². The number of hydrogen-bond donors (Lipinski definition) is 2. The van der Waals surface area contributed by atoms with E-state index in [0.29, 0.717) is 0 Å². The van der Waals surface area contributed by atoms with E-state index in [2.05, 4.69) is 6.08 Å². The van der Waals surface area contributed by atoms with Crippen molar-refractivity contribution >= 4 is 6.08 Å². The SMILES string of the molecule is C/C(=C\c1ccccc1)CC(N)CO. The molecular formula is C12H17NO. The fraction of sp³-hybridized carbons (Fsp3) is 0.333. The highest BCUT2D eigenvalue weighted by molar-refractivity contribution is 5.52. The second kappa shape index (κ2) is 5.58. The van der Waals surface area contributed by atoms with Crippen molar-refractivity contribution in [1.29, 1.82) is 0 Å². The molecule has 0 radical (unpaired) electrons. The minimum Gasteiger partial charge on any atom is -0.395 e. The van der Waals surface area contributed by atoms with Crippen molar-refractivity contribution in [3.63, 3.8) is 0 Å². The molecule has 0 amide bonds. The fourth-order valence-corrected chi connectivity index (χ4v) is 1.37. The van der Waals surface area contributed by atoms with Crippen LogP contribution in [0.5, 0.6) is 0 Å². The maximum atomic E-state index is 8.80. The smallest absolute Gasteiger partial charge is 0.0585 e. The number of aliphatic hydroxyl groups is 1. The van der Waals surface area contributed by atoms with Crippen molar-refractivity contribution in [1.82, 2.24) is 0 Å². The molecule has 1 aromatic rings. The van der Waals surface area contributed by atoms with Crippen LogP contribution in [0.2, 0.25) is 0 Å². The van der Waals surface area contributed by atoms with Crippen LogP contribution in [0.25, 0.3) is 6.08 Å². The van der Waals surface area contributed by atoms with E-state index in [9.17, 15) is 0 Å². The average Bonchev–Trinajstić information content (AvgIpc) is 2.19. The molecular weight excluding hydrogens is 174 g/mol. The van der Waals surface area contributed by atoms with Gasteiger partial charge in [0.15, 0.2) is 0 Å². The van der Waals surface area contributed by atoms with Crippen LogP contribution in [0, 0.1) is 0 Å². The van der Waals surface area contributed by atoms with E-state index in [1.807, 2.05) is 37.3 Å². The van der Waals surface area contributed by atoms with Crippen LogP contribution in [0.15, 0.2) is 35.9 Å². The van der Waals surface area contributed by atoms with Crippen LogP contribution in [0.1, 0.15) is 18.9 Å². The summed E-state index contributed by atoms with van der Waals surface area (Å²) in [6, 6.07) is 9.96. The molecule has 2 heteroatoms. The molecule has 3 N–H and O–H groups in total. The van der Waals surface area contributed by atoms with Crippen molar-refractivity contribution in [2.75, 3.05) is 6.61 Å². The van der Waals surface area contributed by atoms with Crippen LogP contribution in [0.4, 0.5) is 0 Å². The summed E-state index contributed by atoms with van der Waals surface area (Å²) in [5.74, 6) is 0. The van der Waals surface area contributed by atoms with Gasteiger partial charge in [-0.1, -0.05) is 42.0 Å². The molecule has 0 saturated carbocycles. The quantitative estimate of drug-likeness (QED) is 0.762. The summed E-state index contributed by atoms with van der Waals surface area (Å²) < 4.78 is 0. The predicted octanol–water partition coefficient (Wildman–Crippen LogP) is 1.80. The third-order valence-electron chi connectivity index (χ3n) is 2.03. The van der Waals surface area contributed by atoms with Gasteiger partial charge < -0.3 is 10.8 Å². The van der Waals surface area contributed by atoms with E-state index in [1.165, 1.54) is 11.1 Å². The number of rotatable bonds is 4. The van der Waals surface area contributed by atoms with Crippen LogP contribution < -0.4 is 5.73 Å². The molecule has 76 valence electrons. The Kier molecular flexibility index (Phi) is 4.36. The van der Waals surface area contributed by atoms with E-state index < -0.39 is 0 Å². The first kappa shape index (κ1) is 11.0. The fourth-order valence-electron chi connectivity index (χ4n) is 1.37. The Morgan fingerprint density at radius 1 is 1.43 bits per heavy atom. The van der Waals surface area contributed by atoms with Crippen molar-refractivity contribution in [2.24, 2.45) is 5.73 Å². The molecule has 0 aliphatic carbocycles. The first-order valence-corrected chi connectivity index (χ1v) is 4.81. The van der Waals surface area contributed by atoms with Gasteiger partial charge in [0.25, 0.3) is 0 Å². The maximum Gasteiger partial charge on any atom is 0.0585 e. The Labute approximate surface area is 85.1 Å². The van der Waals surface area contributed by atoms with E-state index >= 15 is 0 Å². The second-order valence-electron chi connectivity index (χ2n) is 3.55. The lowest BCUT2D eigenvalue weighted by molar-refractivity contribution is 0.265. The lowest BCUT2D eigenvalue weighted by atomic mass is 10.1. The number of hydrogen-bond acceptors (Lipinski definition) is 2. The highest BCUT2D eigenvalue weighted by Gasteiger charge is 2.00. The third-order valence-corrected chi connectivity index (χ3v) is 2.03. The van der Waals surface area contributed by atoms with E-state index in [1.54, 1.807) is 0 Å². The summed E-state index contributed by atoms with van der Waals surface area (Å²) in [6.07, 6.45) is 2.83. The molecule has 1 aromatic carbocycles. The minimum atomic E-state index is -0.144. The van der Waals surface area contributed by atoms with Gasteiger partial charge in [-0.25, -0.2) is 0 Å². The lowest BCUT2D eigenvalue weighted by Gasteiger charge is -2.07. The Morgan fingerprint density at radius 2 is 2.07 bits per heavy atom. The molecule has 1 rings (SSSR count). The summed E-state index contributed by atoms with van der Waals surface area (Å²) in [5, 5.41) is 8.80. The largest absolute Gasteiger partial charge is 0.395 e. The van der Waals surface area contributed by atoms with Gasteiger partial charge in [-0.05, 0) is 18.9 Å². The summed E-state index contributed by atoms with van der Waals surface area (Å²) in [5.41, 5.74) is 8.01. The Bertz CT molecular complexity index is 292. The molecule has 0 spiro atoms. The molecule has 0 aliphatic heterocycles. The minimum absolute atomic E-state index is 0.0416. The van der Waals surface area contributed by atoms with Gasteiger partial charge in [-0.2, -0.15) is 0 Å². The normalized spacial score (nSPS) is 14.1. The molecule has 1 unspecified atom stereocenters. The van der Waals surface area contributed by atoms with E-state index in [-0.39, 0.29) is 12.6 Å². The van der Waals surface area contributed by atoms with Gasteiger partial charge in [-0.3, -0.25) is 0 Å². The summed E-state index contributed by atoms with van der Waals surface area (Å²) >= 11 is 0.